The van der Waals surface area contributed by atoms with Gasteiger partial charge in [0.25, 0.3) is 11.5 Å². The summed E-state index contributed by atoms with van der Waals surface area (Å²) < 4.78 is 12.9. The Morgan fingerprint density at radius 2 is 1.72 bits per heavy atom. The van der Waals surface area contributed by atoms with E-state index >= 15 is 0 Å². The molecule has 3 rings (SSSR count). The van der Waals surface area contributed by atoms with Gasteiger partial charge in [0, 0.05) is 30.2 Å². The number of para-hydroxylation sites is 1. The molecule has 0 aliphatic carbocycles. The van der Waals surface area contributed by atoms with Crippen molar-refractivity contribution in [3.8, 4) is 11.5 Å². The fourth-order valence-electron chi connectivity index (χ4n) is 3.36. The molecular formula is C23H26N2O4. The quantitative estimate of drug-likeness (QED) is 0.582. The standard InChI is InChI=1S/C23H26N2O4/c1-4-24(17-11-13-18(14-12-17)28-6-3)23(27)16-29-21-15-22(26)25(5-2)20-10-8-7-9-19(20)21/h7-15H,4-6,16H2,1-3H3. The number of aryl methyl sites for hydroxylation is 1. The highest BCUT2D eigenvalue weighted by Crippen LogP contribution is 2.24. The fraction of sp³-hybridized carbons (Fsp3) is 0.304. The second-order valence-electron chi connectivity index (χ2n) is 6.46. The molecule has 0 fully saturated rings. The molecule has 0 spiro atoms. The van der Waals surface area contributed by atoms with Crippen molar-refractivity contribution in [1.29, 1.82) is 0 Å². The Labute approximate surface area is 170 Å². The summed E-state index contributed by atoms with van der Waals surface area (Å²) in [5, 5.41) is 0.811. The lowest BCUT2D eigenvalue weighted by Crippen LogP contribution is -2.35. The van der Waals surface area contributed by atoms with Crippen LogP contribution < -0.4 is 19.9 Å². The molecule has 0 atom stereocenters. The average Bonchev–Trinajstić information content (AvgIpc) is 2.74. The Balaban J connectivity index is 1.80. The molecule has 0 aliphatic heterocycles. The van der Waals surface area contributed by atoms with Crippen LogP contribution in [0.25, 0.3) is 10.9 Å². The third-order valence-corrected chi connectivity index (χ3v) is 4.72. The highest BCUT2D eigenvalue weighted by atomic mass is 16.5. The summed E-state index contributed by atoms with van der Waals surface area (Å²) in [6.45, 7) is 7.28. The summed E-state index contributed by atoms with van der Waals surface area (Å²) in [5.41, 5.74) is 1.42. The molecule has 2 aromatic carbocycles. The number of likely N-dealkylation sites (N-methyl/N-ethyl adjacent to an activating group) is 1. The van der Waals surface area contributed by atoms with E-state index in [4.69, 9.17) is 9.47 Å². The summed E-state index contributed by atoms with van der Waals surface area (Å²) in [6, 6.07) is 16.4. The van der Waals surface area contributed by atoms with Crippen LogP contribution in [-0.4, -0.2) is 30.2 Å². The molecule has 1 aromatic heterocycles. The summed E-state index contributed by atoms with van der Waals surface area (Å²) in [7, 11) is 0. The second kappa shape index (κ2) is 9.28. The maximum atomic E-state index is 12.8. The van der Waals surface area contributed by atoms with E-state index in [9.17, 15) is 9.59 Å². The van der Waals surface area contributed by atoms with Crippen molar-refractivity contribution < 1.29 is 14.3 Å². The Morgan fingerprint density at radius 3 is 2.38 bits per heavy atom. The van der Waals surface area contributed by atoms with Crippen molar-refractivity contribution in [2.45, 2.75) is 27.3 Å². The normalized spacial score (nSPS) is 10.7. The lowest BCUT2D eigenvalue weighted by molar-refractivity contribution is -0.120. The maximum Gasteiger partial charge on any atom is 0.264 e. The monoisotopic (exact) mass is 394 g/mol. The van der Waals surface area contributed by atoms with E-state index in [1.54, 1.807) is 9.47 Å². The molecule has 0 saturated carbocycles. The number of rotatable bonds is 8. The fourth-order valence-corrected chi connectivity index (χ4v) is 3.36. The lowest BCUT2D eigenvalue weighted by atomic mass is 10.2. The molecule has 0 bridgehead atoms. The van der Waals surface area contributed by atoms with Crippen LogP contribution in [-0.2, 0) is 11.3 Å². The van der Waals surface area contributed by atoms with E-state index in [1.165, 1.54) is 6.07 Å². The predicted octanol–water partition coefficient (Wildman–Crippen LogP) is 3.85. The number of hydrogen-bond donors (Lipinski definition) is 0. The van der Waals surface area contributed by atoms with Crippen LogP contribution in [0.4, 0.5) is 5.69 Å². The van der Waals surface area contributed by atoms with Gasteiger partial charge in [-0.25, -0.2) is 0 Å². The van der Waals surface area contributed by atoms with Gasteiger partial charge in [-0.3, -0.25) is 9.59 Å². The highest BCUT2D eigenvalue weighted by Gasteiger charge is 2.16. The summed E-state index contributed by atoms with van der Waals surface area (Å²) in [4.78, 5) is 26.8. The van der Waals surface area contributed by atoms with Gasteiger partial charge in [0.05, 0.1) is 12.1 Å². The van der Waals surface area contributed by atoms with Gasteiger partial charge in [0.1, 0.15) is 11.5 Å². The minimum absolute atomic E-state index is 0.146. The topological polar surface area (TPSA) is 60.8 Å². The largest absolute Gasteiger partial charge is 0.494 e. The zero-order valence-electron chi connectivity index (χ0n) is 17.1. The second-order valence-corrected chi connectivity index (χ2v) is 6.46. The zero-order valence-corrected chi connectivity index (χ0v) is 17.1. The van der Waals surface area contributed by atoms with Crippen molar-refractivity contribution >= 4 is 22.5 Å². The first-order chi connectivity index (χ1) is 14.1. The molecule has 1 heterocycles. The summed E-state index contributed by atoms with van der Waals surface area (Å²) in [6.07, 6.45) is 0. The number of amides is 1. The van der Waals surface area contributed by atoms with E-state index < -0.39 is 0 Å². The number of pyridine rings is 1. The van der Waals surface area contributed by atoms with Crippen molar-refractivity contribution in [3.63, 3.8) is 0 Å². The molecule has 0 N–H and O–H groups in total. The van der Waals surface area contributed by atoms with Crippen LogP contribution in [0.1, 0.15) is 20.8 Å². The predicted molar refractivity (Wildman–Crippen MR) is 115 cm³/mol. The molecule has 0 saturated heterocycles. The van der Waals surface area contributed by atoms with Crippen LogP contribution in [0.5, 0.6) is 11.5 Å². The Kier molecular flexibility index (Phi) is 6.54. The molecule has 6 nitrogen and oxygen atoms in total. The first-order valence-corrected chi connectivity index (χ1v) is 9.87. The molecule has 0 radical (unpaired) electrons. The van der Waals surface area contributed by atoms with E-state index in [-0.39, 0.29) is 18.1 Å². The first kappa shape index (κ1) is 20.5. The maximum absolute atomic E-state index is 12.8. The van der Waals surface area contributed by atoms with Crippen molar-refractivity contribution in [3.05, 3.63) is 65.0 Å². The number of carbonyl (C=O) groups excluding carboxylic acids is 1. The highest BCUT2D eigenvalue weighted by molar-refractivity contribution is 5.95. The van der Waals surface area contributed by atoms with Crippen molar-refractivity contribution in [1.82, 2.24) is 4.57 Å². The molecule has 152 valence electrons. The van der Waals surface area contributed by atoms with Crippen LogP contribution in [0.3, 0.4) is 0 Å². The van der Waals surface area contributed by atoms with E-state index in [1.807, 2.05) is 69.3 Å². The third-order valence-electron chi connectivity index (χ3n) is 4.72. The summed E-state index contributed by atoms with van der Waals surface area (Å²) >= 11 is 0. The van der Waals surface area contributed by atoms with E-state index in [2.05, 4.69) is 0 Å². The van der Waals surface area contributed by atoms with Crippen molar-refractivity contribution in [2.75, 3.05) is 24.7 Å². The average molecular weight is 394 g/mol. The Bertz CT molecular complexity index is 1040. The molecule has 0 aliphatic rings. The molecule has 0 unspecified atom stereocenters. The first-order valence-electron chi connectivity index (χ1n) is 9.87. The molecule has 29 heavy (non-hydrogen) atoms. The summed E-state index contributed by atoms with van der Waals surface area (Å²) in [5.74, 6) is 1.01. The number of nitrogens with zero attached hydrogens (tertiary/aromatic N) is 2. The van der Waals surface area contributed by atoms with Crippen LogP contribution in [0, 0.1) is 0 Å². The van der Waals surface area contributed by atoms with E-state index in [0.717, 1.165) is 22.3 Å². The van der Waals surface area contributed by atoms with Crippen LogP contribution in [0.15, 0.2) is 59.4 Å². The van der Waals surface area contributed by atoms with Crippen LogP contribution >= 0.6 is 0 Å². The number of aromatic nitrogens is 1. The Hall–Kier alpha value is -3.28. The number of fused-ring (bicyclic) bond motifs is 1. The SMILES string of the molecule is CCOc1ccc(N(CC)C(=O)COc2cc(=O)n(CC)c3ccccc23)cc1. The number of hydrogen-bond acceptors (Lipinski definition) is 4. The number of anilines is 1. The molecule has 6 heteroatoms. The van der Waals surface area contributed by atoms with Gasteiger partial charge in [-0.2, -0.15) is 0 Å². The lowest BCUT2D eigenvalue weighted by Gasteiger charge is -2.22. The Morgan fingerprint density at radius 1 is 1.00 bits per heavy atom. The van der Waals surface area contributed by atoms with E-state index in [0.29, 0.717) is 25.4 Å². The van der Waals surface area contributed by atoms with Gasteiger partial charge in [-0.05, 0) is 57.2 Å². The van der Waals surface area contributed by atoms with Gasteiger partial charge < -0.3 is 18.9 Å². The number of carbonyl (C=O) groups is 1. The third kappa shape index (κ3) is 4.42. The minimum Gasteiger partial charge on any atom is -0.494 e. The molecule has 3 aromatic rings. The molecular weight excluding hydrogens is 368 g/mol. The van der Waals surface area contributed by atoms with Gasteiger partial charge in [0.15, 0.2) is 6.61 Å². The van der Waals surface area contributed by atoms with Gasteiger partial charge in [-0.15, -0.1) is 0 Å². The number of benzene rings is 2. The zero-order chi connectivity index (χ0) is 20.8. The van der Waals surface area contributed by atoms with Crippen LogP contribution in [0.2, 0.25) is 0 Å². The van der Waals surface area contributed by atoms with Crippen molar-refractivity contribution in [2.24, 2.45) is 0 Å². The van der Waals surface area contributed by atoms with Gasteiger partial charge >= 0.3 is 0 Å². The smallest absolute Gasteiger partial charge is 0.264 e. The molecule has 1 amide bonds. The number of ether oxygens (including phenoxy) is 2. The minimum atomic E-state index is -0.180. The van der Waals surface area contributed by atoms with Gasteiger partial charge in [-0.1, -0.05) is 12.1 Å². The van der Waals surface area contributed by atoms with Gasteiger partial charge in [0.2, 0.25) is 0 Å².